The number of carbonyl (C=O) groups excluding carboxylic acids is 1. The number of carbonyl (C=O) groups is 1. The number of para-hydroxylation sites is 1. The normalized spacial score (nSPS) is 11.2. The number of hydrogen-bond donors (Lipinski definition) is 1. The fourth-order valence-corrected chi connectivity index (χ4v) is 4.56. The van der Waals surface area contributed by atoms with Gasteiger partial charge >= 0.3 is 0 Å². The van der Waals surface area contributed by atoms with Crippen LogP contribution >= 0.6 is 46.3 Å². The molecule has 9 heteroatoms. The van der Waals surface area contributed by atoms with Crippen LogP contribution in [0.5, 0.6) is 0 Å². The second-order valence-corrected chi connectivity index (χ2v) is 9.02. The number of nitrogens with zero attached hydrogens (tertiary/aromatic N) is 3. The average molecular weight is 441 g/mol. The zero-order chi connectivity index (χ0) is 19.6. The van der Waals surface area contributed by atoms with Crippen LogP contribution in [-0.4, -0.2) is 26.4 Å². The van der Waals surface area contributed by atoms with E-state index in [0.29, 0.717) is 20.9 Å². The van der Waals surface area contributed by atoms with Crippen molar-refractivity contribution < 1.29 is 4.79 Å². The van der Waals surface area contributed by atoms with Gasteiger partial charge in [0, 0.05) is 21.9 Å². The Morgan fingerprint density at radius 1 is 1.30 bits per heavy atom. The SMILES string of the molecule is Cc1cc(-c2nnc(SCC(=O)Nc3c(Cl)cccc3Cl)n2C(C)C)cs1. The highest BCUT2D eigenvalue weighted by Crippen LogP contribution is 2.32. The minimum absolute atomic E-state index is 0.166. The molecule has 3 aromatic rings. The molecule has 0 saturated heterocycles. The first-order chi connectivity index (χ1) is 12.9. The molecule has 0 saturated carbocycles. The monoisotopic (exact) mass is 440 g/mol. The lowest BCUT2D eigenvalue weighted by atomic mass is 10.3. The molecule has 27 heavy (non-hydrogen) atoms. The molecule has 5 nitrogen and oxygen atoms in total. The number of thiophene rings is 1. The number of aromatic nitrogens is 3. The molecule has 0 spiro atoms. The Morgan fingerprint density at radius 3 is 2.59 bits per heavy atom. The Labute approximate surface area is 176 Å². The van der Waals surface area contributed by atoms with Crippen LogP contribution in [0, 0.1) is 6.92 Å². The maximum Gasteiger partial charge on any atom is 0.234 e. The van der Waals surface area contributed by atoms with Crippen molar-refractivity contribution in [3.05, 3.63) is 44.6 Å². The van der Waals surface area contributed by atoms with Crippen molar-refractivity contribution in [3.63, 3.8) is 0 Å². The third-order valence-corrected chi connectivity index (χ3v) is 6.16. The lowest BCUT2D eigenvalue weighted by Gasteiger charge is -2.13. The van der Waals surface area contributed by atoms with Gasteiger partial charge < -0.3 is 5.32 Å². The predicted molar refractivity (Wildman–Crippen MR) is 114 cm³/mol. The molecular weight excluding hydrogens is 423 g/mol. The van der Waals surface area contributed by atoms with Crippen LogP contribution < -0.4 is 5.32 Å². The molecule has 0 unspecified atom stereocenters. The Kier molecular flexibility index (Phi) is 6.47. The van der Waals surface area contributed by atoms with Crippen LogP contribution in [0.4, 0.5) is 5.69 Å². The number of rotatable bonds is 6. The Morgan fingerprint density at radius 2 is 2.00 bits per heavy atom. The van der Waals surface area contributed by atoms with E-state index < -0.39 is 0 Å². The van der Waals surface area contributed by atoms with Crippen LogP contribution in [0.1, 0.15) is 24.8 Å². The van der Waals surface area contributed by atoms with Crippen molar-refractivity contribution in [1.82, 2.24) is 14.8 Å². The van der Waals surface area contributed by atoms with Gasteiger partial charge in [0.05, 0.1) is 21.5 Å². The molecule has 1 aromatic carbocycles. The summed E-state index contributed by atoms with van der Waals surface area (Å²) >= 11 is 15.2. The standard InChI is InChI=1S/C18H18Cl2N4OS2/c1-10(2)24-17(12-7-11(3)26-8-12)22-23-18(24)27-9-15(25)21-16-13(19)5-4-6-14(16)20/h4-8,10H,9H2,1-3H3,(H,21,25). The lowest BCUT2D eigenvalue weighted by molar-refractivity contribution is -0.113. The van der Waals surface area contributed by atoms with Gasteiger partial charge in [-0.25, -0.2) is 0 Å². The van der Waals surface area contributed by atoms with Crippen LogP contribution in [0.3, 0.4) is 0 Å². The fourth-order valence-electron chi connectivity index (χ4n) is 2.52. The number of amides is 1. The quantitative estimate of drug-likeness (QED) is 0.482. The third-order valence-electron chi connectivity index (χ3n) is 3.73. The Hall–Kier alpha value is -1.54. The fraction of sp³-hybridized carbons (Fsp3) is 0.278. The van der Waals surface area contributed by atoms with E-state index in [4.69, 9.17) is 23.2 Å². The van der Waals surface area contributed by atoms with Gasteiger partial charge in [0.1, 0.15) is 0 Å². The smallest absolute Gasteiger partial charge is 0.234 e. The van der Waals surface area contributed by atoms with Gasteiger partial charge in [0.25, 0.3) is 0 Å². The van der Waals surface area contributed by atoms with Gasteiger partial charge in [0.15, 0.2) is 11.0 Å². The summed E-state index contributed by atoms with van der Waals surface area (Å²) in [5, 5.41) is 15.0. The number of benzene rings is 1. The molecule has 0 atom stereocenters. The molecule has 2 heterocycles. The van der Waals surface area contributed by atoms with Crippen LogP contribution in [0.15, 0.2) is 34.8 Å². The minimum Gasteiger partial charge on any atom is -0.323 e. The van der Waals surface area contributed by atoms with Gasteiger partial charge in [-0.15, -0.1) is 21.5 Å². The lowest BCUT2D eigenvalue weighted by Crippen LogP contribution is -2.15. The zero-order valence-electron chi connectivity index (χ0n) is 15.0. The second-order valence-electron chi connectivity index (χ2n) is 6.15. The first kappa shape index (κ1) is 20.2. The highest BCUT2D eigenvalue weighted by atomic mass is 35.5. The maximum absolute atomic E-state index is 12.3. The van der Waals surface area contributed by atoms with Crippen LogP contribution in [-0.2, 0) is 4.79 Å². The summed E-state index contributed by atoms with van der Waals surface area (Å²) in [5.41, 5.74) is 1.46. The molecule has 0 aliphatic rings. The molecule has 142 valence electrons. The summed E-state index contributed by atoms with van der Waals surface area (Å²) in [5.74, 6) is 0.780. The minimum atomic E-state index is -0.207. The van der Waals surface area contributed by atoms with Crippen molar-refractivity contribution in [2.24, 2.45) is 0 Å². The molecule has 0 aliphatic heterocycles. The highest BCUT2D eigenvalue weighted by molar-refractivity contribution is 7.99. The van der Waals surface area contributed by atoms with E-state index in [1.54, 1.807) is 29.5 Å². The topological polar surface area (TPSA) is 59.8 Å². The number of thioether (sulfide) groups is 1. The molecule has 2 aromatic heterocycles. The summed E-state index contributed by atoms with van der Waals surface area (Å²) in [7, 11) is 0. The van der Waals surface area contributed by atoms with Gasteiger partial charge in [-0.05, 0) is 39.0 Å². The summed E-state index contributed by atoms with van der Waals surface area (Å²) in [6, 6.07) is 7.35. The van der Waals surface area contributed by atoms with Gasteiger partial charge in [-0.3, -0.25) is 9.36 Å². The van der Waals surface area contributed by atoms with Crippen molar-refractivity contribution in [1.29, 1.82) is 0 Å². The van der Waals surface area contributed by atoms with Gasteiger partial charge in [0.2, 0.25) is 5.91 Å². The second kappa shape index (κ2) is 8.65. The van der Waals surface area contributed by atoms with E-state index in [1.807, 2.05) is 4.57 Å². The number of anilines is 1. The Bertz CT molecular complexity index is 948. The van der Waals surface area contributed by atoms with E-state index >= 15 is 0 Å². The van der Waals surface area contributed by atoms with E-state index in [9.17, 15) is 4.79 Å². The van der Waals surface area contributed by atoms with E-state index in [2.05, 4.69) is 47.7 Å². The average Bonchev–Trinajstić information content (AvgIpc) is 3.22. The molecule has 0 fully saturated rings. The number of halogens is 2. The summed E-state index contributed by atoms with van der Waals surface area (Å²) in [4.78, 5) is 13.6. The molecule has 1 amide bonds. The van der Waals surface area contributed by atoms with Crippen molar-refractivity contribution in [2.45, 2.75) is 32.0 Å². The van der Waals surface area contributed by atoms with E-state index in [-0.39, 0.29) is 17.7 Å². The maximum atomic E-state index is 12.3. The number of aryl methyl sites for hydroxylation is 1. The predicted octanol–water partition coefficient (Wildman–Crippen LogP) is 5.93. The molecule has 1 N–H and O–H groups in total. The molecule has 0 bridgehead atoms. The van der Waals surface area contributed by atoms with Gasteiger partial charge in [-0.1, -0.05) is 41.0 Å². The molecule has 0 radical (unpaired) electrons. The summed E-state index contributed by atoms with van der Waals surface area (Å²) in [6.45, 7) is 6.20. The first-order valence-electron chi connectivity index (χ1n) is 8.24. The van der Waals surface area contributed by atoms with Crippen LogP contribution in [0.25, 0.3) is 11.4 Å². The molecular formula is C18H18Cl2N4OS2. The van der Waals surface area contributed by atoms with Crippen molar-refractivity contribution in [2.75, 3.05) is 11.1 Å². The highest BCUT2D eigenvalue weighted by Gasteiger charge is 2.19. The van der Waals surface area contributed by atoms with Crippen molar-refractivity contribution >= 4 is 57.9 Å². The molecule has 3 rings (SSSR count). The van der Waals surface area contributed by atoms with E-state index in [0.717, 1.165) is 11.4 Å². The van der Waals surface area contributed by atoms with Crippen molar-refractivity contribution in [3.8, 4) is 11.4 Å². The number of nitrogens with one attached hydrogen (secondary N) is 1. The zero-order valence-corrected chi connectivity index (χ0v) is 18.1. The van der Waals surface area contributed by atoms with E-state index in [1.165, 1.54) is 16.6 Å². The first-order valence-corrected chi connectivity index (χ1v) is 10.9. The number of hydrogen-bond acceptors (Lipinski definition) is 5. The summed E-state index contributed by atoms with van der Waals surface area (Å²) in [6.07, 6.45) is 0. The molecule has 0 aliphatic carbocycles. The van der Waals surface area contributed by atoms with Gasteiger partial charge in [-0.2, -0.15) is 0 Å². The third kappa shape index (κ3) is 4.66. The van der Waals surface area contributed by atoms with Crippen LogP contribution in [0.2, 0.25) is 10.0 Å². The summed E-state index contributed by atoms with van der Waals surface area (Å²) < 4.78 is 2.04. The largest absolute Gasteiger partial charge is 0.323 e. The Balaban J connectivity index is 1.74.